The summed E-state index contributed by atoms with van der Waals surface area (Å²) in [5.41, 5.74) is 2.20. The Morgan fingerprint density at radius 3 is 2.41 bits per heavy atom. The Morgan fingerprint density at radius 1 is 1.03 bits per heavy atom. The molecule has 2 fully saturated rings. The Balaban J connectivity index is 1.43. The Labute approximate surface area is 183 Å². The summed E-state index contributed by atoms with van der Waals surface area (Å²) in [7, 11) is 0. The van der Waals surface area contributed by atoms with Crippen LogP contribution < -0.4 is 5.32 Å². The monoisotopic (exact) mass is 440 g/mol. The third-order valence-electron chi connectivity index (χ3n) is 6.81. The zero-order valence-corrected chi connectivity index (χ0v) is 17.6. The molecular formula is C25H23F3N2O2. The van der Waals surface area contributed by atoms with Crippen LogP contribution in [-0.2, 0) is 9.59 Å². The average molecular weight is 440 g/mol. The van der Waals surface area contributed by atoms with Gasteiger partial charge in [-0.05, 0) is 72.6 Å². The van der Waals surface area contributed by atoms with Crippen molar-refractivity contribution < 1.29 is 22.8 Å². The number of nitrogens with one attached hydrogen (secondary N) is 2. The highest BCUT2D eigenvalue weighted by molar-refractivity contribution is 5.94. The van der Waals surface area contributed by atoms with Crippen LogP contribution in [0, 0.1) is 29.3 Å². The summed E-state index contributed by atoms with van der Waals surface area (Å²) in [6.45, 7) is 2.00. The van der Waals surface area contributed by atoms with Crippen molar-refractivity contribution in [1.82, 2.24) is 10.3 Å². The van der Waals surface area contributed by atoms with Gasteiger partial charge in [-0.3, -0.25) is 9.59 Å². The second kappa shape index (κ2) is 7.80. The molecule has 0 aliphatic heterocycles. The molecule has 1 amide bonds. The number of benzene rings is 2. The summed E-state index contributed by atoms with van der Waals surface area (Å²) in [6.07, 6.45) is 2.19. The molecule has 166 valence electrons. The van der Waals surface area contributed by atoms with E-state index in [1.54, 1.807) is 12.1 Å². The number of aromatic nitrogens is 1. The second-order valence-electron chi connectivity index (χ2n) is 9.17. The first-order chi connectivity index (χ1) is 15.3. The predicted octanol–water partition coefficient (Wildman–Crippen LogP) is 5.23. The molecule has 3 aromatic rings. The molecule has 32 heavy (non-hydrogen) atoms. The molecule has 2 aromatic carbocycles. The number of carbonyl (C=O) groups is 2. The van der Waals surface area contributed by atoms with Gasteiger partial charge in [-0.25, -0.2) is 13.2 Å². The molecule has 2 saturated carbocycles. The summed E-state index contributed by atoms with van der Waals surface area (Å²) < 4.78 is 41.9. The molecule has 2 aliphatic carbocycles. The molecule has 0 radical (unpaired) electrons. The van der Waals surface area contributed by atoms with Crippen LogP contribution in [0.2, 0.25) is 0 Å². The summed E-state index contributed by atoms with van der Waals surface area (Å²) in [5, 5.41) is 3.31. The van der Waals surface area contributed by atoms with E-state index < -0.39 is 17.7 Å². The lowest BCUT2D eigenvalue weighted by Crippen LogP contribution is -2.44. The van der Waals surface area contributed by atoms with E-state index >= 15 is 0 Å². The first-order valence-corrected chi connectivity index (χ1v) is 10.9. The number of amides is 1. The maximum absolute atomic E-state index is 14.5. The van der Waals surface area contributed by atoms with E-state index in [1.807, 2.05) is 6.92 Å². The Morgan fingerprint density at radius 2 is 1.75 bits per heavy atom. The van der Waals surface area contributed by atoms with E-state index in [0.29, 0.717) is 42.3 Å². The largest absolute Gasteiger partial charge is 0.352 e. The molecule has 7 heteroatoms. The van der Waals surface area contributed by atoms with Gasteiger partial charge >= 0.3 is 0 Å². The van der Waals surface area contributed by atoms with Gasteiger partial charge in [0.05, 0.1) is 17.3 Å². The van der Waals surface area contributed by atoms with Gasteiger partial charge < -0.3 is 10.3 Å². The summed E-state index contributed by atoms with van der Waals surface area (Å²) in [6, 6.07) is 7.52. The van der Waals surface area contributed by atoms with Gasteiger partial charge in [0.25, 0.3) is 0 Å². The molecule has 1 heterocycles. The van der Waals surface area contributed by atoms with Crippen LogP contribution >= 0.6 is 0 Å². The number of hydrogen-bond donors (Lipinski definition) is 2. The highest BCUT2D eigenvalue weighted by Gasteiger charge is 2.40. The van der Waals surface area contributed by atoms with Crippen LogP contribution in [0.3, 0.4) is 0 Å². The van der Waals surface area contributed by atoms with Crippen molar-refractivity contribution >= 4 is 22.6 Å². The quantitative estimate of drug-likeness (QED) is 0.584. The standard InChI is InChI=1S/C25H23F3N2O2/c1-12-6-20(21(31)7-12)29-25(32)15-8-14(9-15)22-18-10-17(27)11-19(28)24(18)30-23(22)13-2-4-16(26)5-3-13/h2-5,10-12,14-15,20,30H,6-9H2,1H3,(H,29,32)/t12?,14?,15?,20-/m0/s1. The van der Waals surface area contributed by atoms with E-state index in [1.165, 1.54) is 18.2 Å². The van der Waals surface area contributed by atoms with Crippen LogP contribution in [0.4, 0.5) is 13.2 Å². The number of fused-ring (bicyclic) bond motifs is 1. The van der Waals surface area contributed by atoms with Gasteiger partial charge in [0.2, 0.25) is 5.91 Å². The molecule has 0 spiro atoms. The second-order valence-corrected chi connectivity index (χ2v) is 9.17. The molecule has 2 atom stereocenters. The van der Waals surface area contributed by atoms with E-state index in [0.717, 1.165) is 11.6 Å². The lowest BCUT2D eigenvalue weighted by atomic mass is 9.69. The third-order valence-corrected chi connectivity index (χ3v) is 6.81. The van der Waals surface area contributed by atoms with E-state index in [4.69, 9.17) is 0 Å². The molecule has 0 bridgehead atoms. The van der Waals surface area contributed by atoms with Gasteiger partial charge in [0.15, 0.2) is 5.78 Å². The summed E-state index contributed by atoms with van der Waals surface area (Å²) in [4.78, 5) is 27.7. The molecular weight excluding hydrogens is 417 g/mol. The predicted molar refractivity (Wildman–Crippen MR) is 114 cm³/mol. The number of Topliss-reactive ketones (excluding diaryl/α,β-unsaturated/α-hetero) is 1. The number of carbonyl (C=O) groups excluding carboxylic acids is 2. The van der Waals surface area contributed by atoms with Crippen LogP contribution in [0.5, 0.6) is 0 Å². The topological polar surface area (TPSA) is 62.0 Å². The van der Waals surface area contributed by atoms with E-state index in [2.05, 4.69) is 10.3 Å². The van der Waals surface area contributed by atoms with Gasteiger partial charge in [0.1, 0.15) is 17.5 Å². The van der Waals surface area contributed by atoms with Gasteiger partial charge in [0, 0.05) is 23.8 Å². The normalized spacial score (nSPS) is 25.2. The Bertz CT molecular complexity index is 1210. The Kier molecular flexibility index (Phi) is 5.07. The van der Waals surface area contributed by atoms with Crippen LogP contribution in [-0.4, -0.2) is 22.7 Å². The number of halogens is 3. The molecule has 0 saturated heterocycles. The lowest BCUT2D eigenvalue weighted by molar-refractivity contribution is -0.131. The van der Waals surface area contributed by atoms with E-state index in [9.17, 15) is 22.8 Å². The van der Waals surface area contributed by atoms with Crippen molar-refractivity contribution in [1.29, 1.82) is 0 Å². The molecule has 2 aliphatic rings. The molecule has 4 nitrogen and oxygen atoms in total. The minimum atomic E-state index is -0.697. The van der Waals surface area contributed by atoms with Crippen molar-refractivity contribution in [2.24, 2.45) is 11.8 Å². The van der Waals surface area contributed by atoms with Crippen molar-refractivity contribution in [2.45, 2.75) is 44.6 Å². The molecule has 2 N–H and O–H groups in total. The van der Waals surface area contributed by atoms with Crippen molar-refractivity contribution in [3.05, 3.63) is 59.4 Å². The average Bonchev–Trinajstić information content (AvgIpc) is 3.21. The molecule has 5 rings (SSSR count). The molecule has 1 unspecified atom stereocenters. The Hall–Kier alpha value is -3.09. The minimum absolute atomic E-state index is 0.0721. The number of ketones is 1. The third kappa shape index (κ3) is 3.59. The maximum Gasteiger partial charge on any atom is 0.223 e. The van der Waals surface area contributed by atoms with Crippen LogP contribution in [0.1, 0.15) is 44.1 Å². The minimum Gasteiger partial charge on any atom is -0.352 e. The van der Waals surface area contributed by atoms with Crippen LogP contribution in [0.25, 0.3) is 22.2 Å². The fourth-order valence-corrected chi connectivity index (χ4v) is 5.11. The summed E-state index contributed by atoms with van der Waals surface area (Å²) in [5.74, 6) is -1.90. The van der Waals surface area contributed by atoms with Crippen molar-refractivity contribution in [2.75, 3.05) is 0 Å². The zero-order chi connectivity index (χ0) is 22.6. The highest BCUT2D eigenvalue weighted by Crippen LogP contribution is 2.48. The zero-order valence-electron chi connectivity index (χ0n) is 17.6. The van der Waals surface area contributed by atoms with E-state index in [-0.39, 0.29) is 40.8 Å². The summed E-state index contributed by atoms with van der Waals surface area (Å²) >= 11 is 0. The van der Waals surface area contributed by atoms with Gasteiger partial charge in [-0.2, -0.15) is 0 Å². The number of H-pyrrole nitrogens is 1. The molecule has 1 aromatic heterocycles. The lowest BCUT2D eigenvalue weighted by Gasteiger charge is -2.35. The number of aromatic amines is 1. The first kappa shape index (κ1) is 20.8. The first-order valence-electron chi connectivity index (χ1n) is 10.9. The number of hydrogen-bond acceptors (Lipinski definition) is 2. The highest BCUT2D eigenvalue weighted by atomic mass is 19.1. The fraction of sp³-hybridized carbons (Fsp3) is 0.360. The fourth-order valence-electron chi connectivity index (χ4n) is 5.11. The van der Waals surface area contributed by atoms with Gasteiger partial charge in [-0.15, -0.1) is 0 Å². The van der Waals surface area contributed by atoms with Crippen LogP contribution in [0.15, 0.2) is 36.4 Å². The SMILES string of the molecule is CC1CC(=O)[C@@H](NC(=O)C2CC(c3c(-c4ccc(F)cc4)[nH]c4c(F)cc(F)cc34)C2)C1. The smallest absolute Gasteiger partial charge is 0.223 e. The maximum atomic E-state index is 14.5. The number of rotatable bonds is 4. The van der Waals surface area contributed by atoms with Crippen molar-refractivity contribution in [3.63, 3.8) is 0 Å². The van der Waals surface area contributed by atoms with Crippen molar-refractivity contribution in [3.8, 4) is 11.3 Å². The van der Waals surface area contributed by atoms with Gasteiger partial charge in [-0.1, -0.05) is 6.92 Å².